The molecular weight excluding hydrogens is 238 g/mol. The minimum atomic E-state index is -0.103. The second-order valence-corrected chi connectivity index (χ2v) is 5.85. The lowest BCUT2D eigenvalue weighted by atomic mass is 9.84. The van der Waals surface area contributed by atoms with Gasteiger partial charge in [0.1, 0.15) is 0 Å². The minimum Gasteiger partial charge on any atom is -0.367 e. The van der Waals surface area contributed by atoms with Crippen molar-refractivity contribution in [1.82, 2.24) is 5.06 Å². The van der Waals surface area contributed by atoms with E-state index in [1.54, 1.807) is 0 Å². The maximum absolute atomic E-state index is 11.8. The summed E-state index contributed by atoms with van der Waals surface area (Å²) in [4.78, 5) is 17.3. The van der Waals surface area contributed by atoms with Crippen molar-refractivity contribution in [2.24, 2.45) is 17.8 Å². The van der Waals surface area contributed by atoms with Crippen molar-refractivity contribution in [1.29, 1.82) is 0 Å². The lowest BCUT2D eigenvalue weighted by molar-refractivity contribution is -0.181. The zero-order chi connectivity index (χ0) is 14.0. The Morgan fingerprint density at radius 2 is 1.84 bits per heavy atom. The van der Waals surface area contributed by atoms with Gasteiger partial charge in [-0.25, -0.2) is 4.79 Å². The highest BCUT2D eigenvalue weighted by Gasteiger charge is 2.43. The van der Waals surface area contributed by atoms with Crippen LogP contribution in [0.3, 0.4) is 0 Å². The first-order valence-electron chi connectivity index (χ1n) is 7.03. The maximum Gasteiger partial charge on any atom is 0.329 e. The Labute approximate surface area is 115 Å². The molecule has 0 radical (unpaired) electrons. The molecule has 1 aliphatic rings. The molecule has 3 atom stereocenters. The van der Waals surface area contributed by atoms with E-state index in [2.05, 4.69) is 32.9 Å². The molecule has 0 aromatic heterocycles. The molecule has 0 N–H and O–H groups in total. The number of hydroxylamine groups is 2. The van der Waals surface area contributed by atoms with Crippen molar-refractivity contribution >= 4 is 5.97 Å². The molecule has 0 spiro atoms. The van der Waals surface area contributed by atoms with Crippen molar-refractivity contribution in [3.05, 3.63) is 35.9 Å². The van der Waals surface area contributed by atoms with Crippen LogP contribution in [0.5, 0.6) is 0 Å². The van der Waals surface area contributed by atoms with Crippen molar-refractivity contribution in [2.75, 3.05) is 0 Å². The van der Waals surface area contributed by atoms with Gasteiger partial charge in [-0.15, -0.1) is 5.06 Å². The molecule has 1 unspecified atom stereocenters. The number of hydrogen-bond donors (Lipinski definition) is 0. The summed E-state index contributed by atoms with van der Waals surface area (Å²) in [5, 5.41) is 1.87. The summed E-state index contributed by atoms with van der Waals surface area (Å²) < 4.78 is 0. The van der Waals surface area contributed by atoms with E-state index >= 15 is 0 Å². The fraction of sp³-hybridized carbons (Fsp3) is 0.562. The summed E-state index contributed by atoms with van der Waals surface area (Å²) >= 11 is 0. The average molecular weight is 261 g/mol. The predicted molar refractivity (Wildman–Crippen MR) is 75.0 cm³/mol. The molecule has 0 aliphatic carbocycles. The SMILES string of the molecule is CC(C)C(C)[C@@H]1[C@@H](C)C(=O)ON1Cc1ccccc1. The summed E-state index contributed by atoms with van der Waals surface area (Å²) in [7, 11) is 0. The van der Waals surface area contributed by atoms with Crippen LogP contribution in [0.4, 0.5) is 0 Å². The monoisotopic (exact) mass is 261 g/mol. The Morgan fingerprint density at radius 3 is 2.42 bits per heavy atom. The standard InChI is InChI=1S/C16H23NO2/c1-11(2)12(3)15-13(4)16(18)19-17(15)10-14-8-6-5-7-9-14/h5-9,11-13,15H,10H2,1-4H3/t12?,13-,15-/m1/s1. The highest BCUT2D eigenvalue weighted by molar-refractivity contribution is 5.74. The molecule has 1 aromatic rings. The number of carbonyl (C=O) groups is 1. The normalized spacial score (nSPS) is 25.6. The Kier molecular flexibility index (Phi) is 4.25. The van der Waals surface area contributed by atoms with Crippen LogP contribution >= 0.6 is 0 Å². The van der Waals surface area contributed by atoms with E-state index < -0.39 is 0 Å². The lowest BCUT2D eigenvalue weighted by Crippen LogP contribution is -2.38. The van der Waals surface area contributed by atoms with E-state index in [4.69, 9.17) is 4.84 Å². The van der Waals surface area contributed by atoms with Crippen molar-refractivity contribution in [2.45, 2.75) is 40.3 Å². The van der Waals surface area contributed by atoms with Crippen LogP contribution in [-0.2, 0) is 16.2 Å². The van der Waals surface area contributed by atoms with E-state index in [1.807, 2.05) is 30.2 Å². The Morgan fingerprint density at radius 1 is 1.21 bits per heavy atom. The molecular formula is C16H23NO2. The van der Waals surface area contributed by atoms with Crippen LogP contribution in [0.2, 0.25) is 0 Å². The van der Waals surface area contributed by atoms with Gasteiger partial charge in [-0.05, 0) is 17.4 Å². The largest absolute Gasteiger partial charge is 0.367 e. The van der Waals surface area contributed by atoms with Crippen molar-refractivity contribution in [3.8, 4) is 0 Å². The number of rotatable bonds is 4. The summed E-state index contributed by atoms with van der Waals surface area (Å²) in [6.07, 6.45) is 0. The van der Waals surface area contributed by atoms with E-state index in [9.17, 15) is 4.79 Å². The van der Waals surface area contributed by atoms with Gasteiger partial charge >= 0.3 is 5.97 Å². The first-order chi connectivity index (χ1) is 9.00. The maximum atomic E-state index is 11.8. The minimum absolute atomic E-state index is 0.0545. The van der Waals surface area contributed by atoms with Crippen LogP contribution in [0.25, 0.3) is 0 Å². The van der Waals surface area contributed by atoms with Gasteiger partial charge in [-0.1, -0.05) is 58.0 Å². The average Bonchev–Trinajstić information content (AvgIpc) is 2.65. The highest BCUT2D eigenvalue weighted by atomic mass is 16.7. The molecule has 2 rings (SSSR count). The van der Waals surface area contributed by atoms with Gasteiger partial charge in [-0.3, -0.25) is 0 Å². The smallest absolute Gasteiger partial charge is 0.329 e. The van der Waals surface area contributed by atoms with Crippen LogP contribution in [0.1, 0.15) is 33.3 Å². The zero-order valence-corrected chi connectivity index (χ0v) is 12.2. The summed E-state index contributed by atoms with van der Waals surface area (Å²) in [5.74, 6) is 0.792. The Balaban J connectivity index is 2.16. The van der Waals surface area contributed by atoms with Crippen LogP contribution in [0.15, 0.2) is 30.3 Å². The second kappa shape index (κ2) is 5.74. The van der Waals surface area contributed by atoms with Crippen molar-refractivity contribution in [3.63, 3.8) is 0 Å². The third-order valence-electron chi connectivity index (χ3n) is 4.20. The summed E-state index contributed by atoms with van der Waals surface area (Å²) in [5.41, 5.74) is 1.17. The third-order valence-corrected chi connectivity index (χ3v) is 4.20. The third kappa shape index (κ3) is 2.98. The molecule has 1 aromatic carbocycles. The number of carbonyl (C=O) groups excluding carboxylic acids is 1. The van der Waals surface area contributed by atoms with Gasteiger partial charge in [0, 0.05) is 0 Å². The quantitative estimate of drug-likeness (QED) is 0.833. The van der Waals surface area contributed by atoms with Crippen LogP contribution < -0.4 is 0 Å². The van der Waals surface area contributed by atoms with E-state index in [1.165, 1.54) is 5.56 Å². The van der Waals surface area contributed by atoms with Crippen LogP contribution in [-0.4, -0.2) is 17.1 Å². The lowest BCUT2D eigenvalue weighted by Gasteiger charge is -2.30. The molecule has 1 fully saturated rings. The molecule has 1 aliphatic heterocycles. The number of benzene rings is 1. The molecule has 3 nitrogen and oxygen atoms in total. The zero-order valence-electron chi connectivity index (χ0n) is 12.2. The molecule has 0 bridgehead atoms. The molecule has 1 heterocycles. The molecule has 0 amide bonds. The highest BCUT2D eigenvalue weighted by Crippen LogP contribution is 2.33. The fourth-order valence-corrected chi connectivity index (χ4v) is 2.66. The summed E-state index contributed by atoms with van der Waals surface area (Å²) in [6.45, 7) is 9.23. The summed E-state index contributed by atoms with van der Waals surface area (Å²) in [6, 6.07) is 10.3. The number of hydrogen-bond acceptors (Lipinski definition) is 3. The van der Waals surface area contributed by atoms with Gasteiger partial charge in [0.05, 0.1) is 18.5 Å². The van der Waals surface area contributed by atoms with Gasteiger partial charge in [0.25, 0.3) is 0 Å². The van der Waals surface area contributed by atoms with E-state index in [-0.39, 0.29) is 17.9 Å². The molecule has 3 heteroatoms. The first-order valence-corrected chi connectivity index (χ1v) is 7.03. The second-order valence-electron chi connectivity index (χ2n) is 5.85. The van der Waals surface area contributed by atoms with Gasteiger partial charge in [0.15, 0.2) is 0 Å². The molecule has 1 saturated heterocycles. The molecule has 104 valence electrons. The predicted octanol–water partition coefficient (Wildman–Crippen LogP) is 3.26. The van der Waals surface area contributed by atoms with E-state index in [0.29, 0.717) is 18.4 Å². The van der Waals surface area contributed by atoms with Gasteiger partial charge in [0.2, 0.25) is 0 Å². The first kappa shape index (κ1) is 14.1. The van der Waals surface area contributed by atoms with Crippen molar-refractivity contribution < 1.29 is 9.63 Å². The van der Waals surface area contributed by atoms with Crippen LogP contribution in [0, 0.1) is 17.8 Å². The Hall–Kier alpha value is -1.35. The molecule has 0 saturated carbocycles. The topological polar surface area (TPSA) is 29.5 Å². The fourth-order valence-electron chi connectivity index (χ4n) is 2.66. The Bertz CT molecular complexity index is 430. The van der Waals surface area contributed by atoms with Gasteiger partial charge in [-0.2, -0.15) is 0 Å². The number of nitrogens with zero attached hydrogens (tertiary/aromatic N) is 1. The molecule has 19 heavy (non-hydrogen) atoms. The van der Waals surface area contributed by atoms with Gasteiger partial charge < -0.3 is 4.84 Å². The van der Waals surface area contributed by atoms with E-state index in [0.717, 1.165) is 0 Å².